The Balaban J connectivity index is 1.55. The van der Waals surface area contributed by atoms with Gasteiger partial charge in [0.15, 0.2) is 0 Å². The zero-order valence-corrected chi connectivity index (χ0v) is 11.9. The lowest BCUT2D eigenvalue weighted by Crippen LogP contribution is -2.30. The van der Waals surface area contributed by atoms with Gasteiger partial charge in [0.25, 0.3) is 0 Å². The van der Waals surface area contributed by atoms with E-state index in [9.17, 15) is 10.2 Å². The van der Waals surface area contributed by atoms with E-state index in [1.165, 1.54) is 37.1 Å². The van der Waals surface area contributed by atoms with E-state index in [0.717, 1.165) is 25.7 Å². The molecule has 0 radical (unpaired) electrons. The first kappa shape index (κ1) is 13.0. The van der Waals surface area contributed by atoms with Gasteiger partial charge in [-0.1, -0.05) is 0 Å². The molecule has 4 aliphatic carbocycles. The summed E-state index contributed by atoms with van der Waals surface area (Å²) >= 11 is 0. The highest BCUT2D eigenvalue weighted by molar-refractivity contribution is 5.95. The van der Waals surface area contributed by atoms with Gasteiger partial charge in [0.2, 0.25) is 0 Å². The first-order valence-corrected chi connectivity index (χ1v) is 8.22. The van der Waals surface area contributed by atoms with Crippen molar-refractivity contribution in [2.75, 3.05) is 0 Å². The monoisotopic (exact) mass is 276 g/mol. The zero-order valence-electron chi connectivity index (χ0n) is 11.9. The van der Waals surface area contributed by atoms with Crippen molar-refractivity contribution in [2.45, 2.75) is 63.6 Å². The van der Waals surface area contributed by atoms with E-state index in [4.69, 9.17) is 0 Å². The molecule has 0 aromatic rings. The second-order valence-electron chi connectivity index (χ2n) is 7.24. The van der Waals surface area contributed by atoms with Gasteiger partial charge in [-0.3, -0.25) is 0 Å². The predicted molar refractivity (Wildman–Crippen MR) is 77.8 cm³/mol. The summed E-state index contributed by atoms with van der Waals surface area (Å²) < 4.78 is 0. The van der Waals surface area contributed by atoms with Gasteiger partial charge in [0.05, 0.1) is 12.2 Å². The number of hydrogen-bond acceptors (Lipinski definition) is 4. The summed E-state index contributed by atoms with van der Waals surface area (Å²) in [5, 5.41) is 28.9. The normalized spacial score (nSPS) is 51.1. The lowest BCUT2D eigenvalue weighted by Gasteiger charge is -2.27. The quantitative estimate of drug-likeness (QED) is 0.721. The Morgan fingerprint density at radius 1 is 0.600 bits per heavy atom. The van der Waals surface area contributed by atoms with Crippen molar-refractivity contribution in [1.82, 2.24) is 0 Å². The SMILES string of the molecule is OC1C[C@H]2CC[C@@H](C1)C2=NN=C1[C@@H]2CC[C@H]1CC(O)C2. The zero-order chi connectivity index (χ0) is 13.7. The molecule has 0 aromatic carbocycles. The Bertz CT molecular complexity index is 385. The average molecular weight is 276 g/mol. The Labute approximate surface area is 120 Å². The minimum absolute atomic E-state index is 0.125. The third kappa shape index (κ3) is 2.13. The van der Waals surface area contributed by atoms with Crippen LogP contribution in [0.15, 0.2) is 10.2 Å². The third-order valence-electron chi connectivity index (χ3n) is 5.91. The van der Waals surface area contributed by atoms with E-state index < -0.39 is 0 Å². The van der Waals surface area contributed by atoms with Crippen LogP contribution >= 0.6 is 0 Å². The molecule has 4 saturated carbocycles. The highest BCUT2D eigenvalue weighted by atomic mass is 16.3. The van der Waals surface area contributed by atoms with Crippen molar-refractivity contribution < 1.29 is 10.2 Å². The van der Waals surface area contributed by atoms with Gasteiger partial charge in [0, 0.05) is 35.1 Å². The van der Waals surface area contributed by atoms with Crippen LogP contribution in [-0.2, 0) is 0 Å². The van der Waals surface area contributed by atoms with E-state index in [1.807, 2.05) is 0 Å². The molecule has 0 heterocycles. The fraction of sp³-hybridized carbons (Fsp3) is 0.875. The van der Waals surface area contributed by atoms with Crippen molar-refractivity contribution in [3.63, 3.8) is 0 Å². The van der Waals surface area contributed by atoms with Gasteiger partial charge in [0.1, 0.15) is 0 Å². The average Bonchev–Trinajstić information content (AvgIpc) is 2.79. The van der Waals surface area contributed by atoms with Crippen LogP contribution < -0.4 is 0 Å². The van der Waals surface area contributed by atoms with Crippen LogP contribution in [0.4, 0.5) is 0 Å². The number of hydrogen-bond donors (Lipinski definition) is 2. The first-order chi connectivity index (χ1) is 9.70. The predicted octanol–water partition coefficient (Wildman–Crippen LogP) is 2.15. The van der Waals surface area contributed by atoms with Gasteiger partial charge in [-0.15, -0.1) is 0 Å². The third-order valence-corrected chi connectivity index (χ3v) is 5.91. The van der Waals surface area contributed by atoms with E-state index >= 15 is 0 Å². The summed E-state index contributed by atoms with van der Waals surface area (Å²) in [5.74, 6) is 1.89. The van der Waals surface area contributed by atoms with Gasteiger partial charge >= 0.3 is 0 Å². The Morgan fingerprint density at radius 3 is 1.20 bits per heavy atom. The van der Waals surface area contributed by atoms with Crippen LogP contribution in [-0.4, -0.2) is 33.8 Å². The van der Waals surface area contributed by atoms with Crippen molar-refractivity contribution in [1.29, 1.82) is 0 Å². The van der Waals surface area contributed by atoms with Gasteiger partial charge in [-0.25, -0.2) is 0 Å². The molecule has 6 atom stereocenters. The van der Waals surface area contributed by atoms with E-state index in [0.29, 0.717) is 23.7 Å². The van der Waals surface area contributed by atoms with E-state index in [2.05, 4.69) is 10.2 Å². The van der Waals surface area contributed by atoms with Crippen LogP contribution in [0.2, 0.25) is 0 Å². The molecule has 2 N–H and O–H groups in total. The van der Waals surface area contributed by atoms with Crippen molar-refractivity contribution >= 4 is 11.4 Å². The Hall–Kier alpha value is -0.740. The van der Waals surface area contributed by atoms with Crippen LogP contribution in [0.25, 0.3) is 0 Å². The lowest BCUT2D eigenvalue weighted by molar-refractivity contribution is 0.132. The first-order valence-electron chi connectivity index (χ1n) is 8.22. The van der Waals surface area contributed by atoms with E-state index in [-0.39, 0.29) is 12.2 Å². The maximum atomic E-state index is 9.83. The van der Waals surface area contributed by atoms with Gasteiger partial charge in [-0.05, 0) is 51.4 Å². The lowest BCUT2D eigenvalue weighted by atomic mass is 9.85. The number of nitrogens with zero attached hydrogens (tertiary/aromatic N) is 2. The number of aliphatic hydroxyl groups is 2. The maximum absolute atomic E-state index is 9.83. The number of fused-ring (bicyclic) bond motifs is 4. The van der Waals surface area contributed by atoms with Crippen LogP contribution in [0, 0.1) is 23.7 Å². The van der Waals surface area contributed by atoms with Crippen LogP contribution in [0.3, 0.4) is 0 Å². The maximum Gasteiger partial charge on any atom is 0.0552 e. The molecule has 4 aliphatic rings. The number of rotatable bonds is 1. The summed E-state index contributed by atoms with van der Waals surface area (Å²) in [4.78, 5) is 0. The highest BCUT2D eigenvalue weighted by Crippen LogP contribution is 2.42. The molecule has 0 spiro atoms. The molecule has 4 nitrogen and oxygen atoms in total. The molecule has 4 fully saturated rings. The molecule has 0 aromatic heterocycles. The summed E-state index contributed by atoms with van der Waals surface area (Å²) in [6.45, 7) is 0. The molecule has 4 rings (SSSR count). The Morgan fingerprint density at radius 2 is 0.900 bits per heavy atom. The second kappa shape index (κ2) is 4.92. The van der Waals surface area contributed by atoms with Crippen molar-refractivity contribution in [2.24, 2.45) is 33.9 Å². The van der Waals surface area contributed by atoms with Crippen molar-refractivity contribution in [3.05, 3.63) is 0 Å². The Kier molecular flexibility index (Phi) is 3.19. The summed E-state index contributed by atoms with van der Waals surface area (Å²) in [6.07, 6.45) is 7.98. The largest absolute Gasteiger partial charge is 0.393 e. The molecule has 4 heteroatoms. The molecular formula is C16H24N2O2. The summed E-state index contributed by atoms with van der Waals surface area (Å²) in [7, 11) is 0. The smallest absolute Gasteiger partial charge is 0.0552 e. The minimum Gasteiger partial charge on any atom is -0.393 e. The van der Waals surface area contributed by atoms with Gasteiger partial charge in [-0.2, -0.15) is 10.2 Å². The number of aliphatic hydroxyl groups excluding tert-OH is 2. The molecular weight excluding hydrogens is 252 g/mol. The molecule has 0 aliphatic heterocycles. The fourth-order valence-corrected chi connectivity index (χ4v) is 4.97. The fourth-order valence-electron chi connectivity index (χ4n) is 4.97. The molecule has 4 bridgehead atoms. The second-order valence-corrected chi connectivity index (χ2v) is 7.24. The molecule has 110 valence electrons. The molecule has 0 saturated heterocycles. The molecule has 2 unspecified atom stereocenters. The van der Waals surface area contributed by atoms with Crippen LogP contribution in [0.5, 0.6) is 0 Å². The van der Waals surface area contributed by atoms with Crippen LogP contribution in [0.1, 0.15) is 51.4 Å². The van der Waals surface area contributed by atoms with Gasteiger partial charge < -0.3 is 10.2 Å². The molecule has 20 heavy (non-hydrogen) atoms. The van der Waals surface area contributed by atoms with E-state index in [1.54, 1.807) is 0 Å². The summed E-state index contributed by atoms with van der Waals surface area (Å²) in [5.41, 5.74) is 2.52. The molecule has 0 amide bonds. The minimum atomic E-state index is -0.125. The topological polar surface area (TPSA) is 65.2 Å². The van der Waals surface area contributed by atoms with Crippen molar-refractivity contribution in [3.8, 4) is 0 Å². The standard InChI is InChI=1S/C16H24N2O2/c19-13-5-9-1-2-10(6-13)15(9)17-18-16-11-3-4-12(16)8-14(20)7-11/h9-14,19-20H,1-8H2/t9-,10+,11-,12+,13?,14?. The highest BCUT2D eigenvalue weighted by Gasteiger charge is 2.41. The summed E-state index contributed by atoms with van der Waals surface area (Å²) in [6, 6.07) is 0.